The number of benzene rings is 1. The highest BCUT2D eigenvalue weighted by Gasteiger charge is 2.12. The van der Waals surface area contributed by atoms with E-state index in [0.29, 0.717) is 25.1 Å². The van der Waals surface area contributed by atoms with Crippen molar-refractivity contribution in [3.05, 3.63) is 29.8 Å². The maximum atomic E-state index is 11.6. The molecule has 0 bridgehead atoms. The maximum Gasteiger partial charge on any atom is 0.251 e. The van der Waals surface area contributed by atoms with Gasteiger partial charge in [0.2, 0.25) is 10.0 Å². The summed E-state index contributed by atoms with van der Waals surface area (Å²) in [6.07, 6.45) is 0.706. The number of sulfonamides is 1. The van der Waals surface area contributed by atoms with Gasteiger partial charge in [-0.25, -0.2) is 13.1 Å². The summed E-state index contributed by atoms with van der Waals surface area (Å²) in [5.74, 6) is -0.239. The van der Waals surface area contributed by atoms with Gasteiger partial charge >= 0.3 is 0 Å². The van der Waals surface area contributed by atoms with Crippen LogP contribution in [0.1, 0.15) is 16.8 Å². The van der Waals surface area contributed by atoms with Crippen molar-refractivity contribution in [3.8, 4) is 0 Å². The van der Waals surface area contributed by atoms with Gasteiger partial charge in [-0.1, -0.05) is 0 Å². The Morgan fingerprint density at radius 1 is 1.28 bits per heavy atom. The van der Waals surface area contributed by atoms with E-state index >= 15 is 0 Å². The zero-order valence-corrected chi connectivity index (χ0v) is 11.0. The van der Waals surface area contributed by atoms with Crippen molar-refractivity contribution >= 4 is 15.9 Å². The fraction of sp³-hybridized carbons (Fsp3) is 0.364. The van der Waals surface area contributed by atoms with Crippen LogP contribution in [0.4, 0.5) is 0 Å². The molecule has 0 aromatic heterocycles. The average molecular weight is 271 g/mol. The van der Waals surface area contributed by atoms with Crippen LogP contribution in [0, 0.1) is 0 Å². The van der Waals surface area contributed by atoms with Crippen molar-refractivity contribution < 1.29 is 13.2 Å². The fourth-order valence-electron chi connectivity index (χ4n) is 1.31. The second-order valence-corrected chi connectivity index (χ2v) is 5.52. The SMILES string of the molecule is CNS(=O)(=O)c1ccc(C(=O)NCCCN)cc1. The Morgan fingerprint density at radius 3 is 2.39 bits per heavy atom. The predicted molar refractivity (Wildman–Crippen MR) is 68.7 cm³/mol. The van der Waals surface area contributed by atoms with Crippen LogP contribution in [-0.2, 0) is 10.0 Å². The third-order valence-electron chi connectivity index (χ3n) is 2.36. The molecule has 0 heterocycles. The lowest BCUT2D eigenvalue weighted by Crippen LogP contribution is -2.26. The quantitative estimate of drug-likeness (QED) is 0.617. The van der Waals surface area contributed by atoms with Crippen LogP contribution >= 0.6 is 0 Å². The largest absolute Gasteiger partial charge is 0.352 e. The second kappa shape index (κ2) is 6.48. The standard InChI is InChI=1S/C11H17N3O3S/c1-13-18(16,17)10-5-3-9(4-6-10)11(15)14-8-2-7-12/h3-6,13H,2,7-8,12H2,1H3,(H,14,15). The van der Waals surface area contributed by atoms with Gasteiger partial charge in [0.1, 0.15) is 0 Å². The minimum Gasteiger partial charge on any atom is -0.352 e. The zero-order valence-electron chi connectivity index (χ0n) is 10.1. The molecule has 0 fully saturated rings. The molecule has 0 aliphatic heterocycles. The molecule has 1 rings (SSSR count). The van der Waals surface area contributed by atoms with Gasteiger partial charge in [-0.05, 0) is 44.3 Å². The van der Waals surface area contributed by atoms with Crippen LogP contribution in [0.3, 0.4) is 0 Å². The molecule has 100 valence electrons. The Hall–Kier alpha value is -1.44. The van der Waals surface area contributed by atoms with Crippen LogP contribution in [-0.4, -0.2) is 34.5 Å². The lowest BCUT2D eigenvalue weighted by molar-refractivity contribution is 0.0953. The molecule has 0 unspecified atom stereocenters. The van der Waals surface area contributed by atoms with E-state index in [4.69, 9.17) is 5.73 Å². The minimum absolute atomic E-state index is 0.128. The van der Waals surface area contributed by atoms with Gasteiger partial charge in [-0.15, -0.1) is 0 Å². The van der Waals surface area contributed by atoms with Crippen LogP contribution < -0.4 is 15.8 Å². The molecule has 0 aliphatic rings. The van der Waals surface area contributed by atoms with Crippen molar-refractivity contribution in [1.82, 2.24) is 10.0 Å². The first-order valence-corrected chi connectivity index (χ1v) is 7.01. The number of rotatable bonds is 6. The molecule has 4 N–H and O–H groups in total. The molecule has 6 nitrogen and oxygen atoms in total. The Balaban J connectivity index is 2.74. The third-order valence-corrected chi connectivity index (χ3v) is 3.79. The average Bonchev–Trinajstić information content (AvgIpc) is 2.39. The number of hydrogen-bond acceptors (Lipinski definition) is 4. The molecular formula is C11H17N3O3S. The van der Waals surface area contributed by atoms with Crippen molar-refractivity contribution in [2.75, 3.05) is 20.1 Å². The van der Waals surface area contributed by atoms with Gasteiger partial charge in [-0.2, -0.15) is 0 Å². The number of carbonyl (C=O) groups excluding carboxylic acids is 1. The zero-order chi connectivity index (χ0) is 13.6. The molecule has 0 atom stereocenters. The van der Waals surface area contributed by atoms with E-state index < -0.39 is 10.0 Å². The van der Waals surface area contributed by atoms with Gasteiger partial charge in [0.15, 0.2) is 0 Å². The lowest BCUT2D eigenvalue weighted by atomic mass is 10.2. The molecule has 0 radical (unpaired) electrons. The summed E-state index contributed by atoms with van der Waals surface area (Å²) < 4.78 is 25.1. The highest BCUT2D eigenvalue weighted by atomic mass is 32.2. The van der Waals surface area contributed by atoms with Crippen LogP contribution in [0.15, 0.2) is 29.2 Å². The molecule has 7 heteroatoms. The van der Waals surface area contributed by atoms with E-state index in [0.717, 1.165) is 0 Å². The summed E-state index contributed by atoms with van der Waals surface area (Å²) in [4.78, 5) is 11.8. The van der Waals surface area contributed by atoms with Crippen LogP contribution in [0.5, 0.6) is 0 Å². The Labute approximate surface area is 107 Å². The Bertz CT molecular complexity index is 497. The number of carbonyl (C=O) groups is 1. The van der Waals surface area contributed by atoms with Crippen molar-refractivity contribution in [2.45, 2.75) is 11.3 Å². The van der Waals surface area contributed by atoms with Crippen LogP contribution in [0.25, 0.3) is 0 Å². The van der Waals surface area contributed by atoms with E-state index in [-0.39, 0.29) is 10.8 Å². The molecule has 0 saturated carbocycles. The summed E-state index contributed by atoms with van der Waals surface area (Å²) in [7, 11) is -2.12. The maximum absolute atomic E-state index is 11.6. The third kappa shape index (κ3) is 3.80. The first-order valence-electron chi connectivity index (χ1n) is 5.53. The molecule has 1 aromatic carbocycles. The molecule has 0 saturated heterocycles. The van der Waals surface area contributed by atoms with Gasteiger partial charge in [0, 0.05) is 12.1 Å². The fourth-order valence-corrected chi connectivity index (χ4v) is 2.04. The molecule has 0 aliphatic carbocycles. The van der Waals surface area contributed by atoms with E-state index in [1.54, 1.807) is 0 Å². The molecule has 18 heavy (non-hydrogen) atoms. The minimum atomic E-state index is -3.46. The summed E-state index contributed by atoms with van der Waals surface area (Å²) >= 11 is 0. The van der Waals surface area contributed by atoms with Crippen LogP contribution in [0.2, 0.25) is 0 Å². The Morgan fingerprint density at radius 2 is 1.89 bits per heavy atom. The highest BCUT2D eigenvalue weighted by molar-refractivity contribution is 7.89. The normalized spacial score (nSPS) is 11.2. The van der Waals surface area contributed by atoms with Gasteiger partial charge in [-0.3, -0.25) is 4.79 Å². The van der Waals surface area contributed by atoms with Crippen molar-refractivity contribution in [2.24, 2.45) is 5.73 Å². The molecule has 0 spiro atoms. The van der Waals surface area contributed by atoms with Gasteiger partial charge in [0.25, 0.3) is 5.91 Å². The number of nitrogens with one attached hydrogen (secondary N) is 2. The Kier molecular flexibility index (Phi) is 5.26. The smallest absolute Gasteiger partial charge is 0.251 e. The van der Waals surface area contributed by atoms with E-state index in [9.17, 15) is 13.2 Å². The highest BCUT2D eigenvalue weighted by Crippen LogP contribution is 2.09. The van der Waals surface area contributed by atoms with E-state index in [1.165, 1.54) is 31.3 Å². The van der Waals surface area contributed by atoms with E-state index in [2.05, 4.69) is 10.0 Å². The lowest BCUT2D eigenvalue weighted by Gasteiger charge is -2.06. The van der Waals surface area contributed by atoms with Gasteiger partial charge in [0.05, 0.1) is 4.90 Å². The summed E-state index contributed by atoms with van der Waals surface area (Å²) in [6.45, 7) is 1.02. The number of hydrogen-bond donors (Lipinski definition) is 3. The summed E-state index contributed by atoms with van der Waals surface area (Å²) in [6, 6.07) is 5.73. The van der Waals surface area contributed by atoms with Crippen molar-refractivity contribution in [3.63, 3.8) is 0 Å². The van der Waals surface area contributed by atoms with E-state index in [1.807, 2.05) is 0 Å². The summed E-state index contributed by atoms with van der Waals surface area (Å²) in [5, 5.41) is 2.69. The predicted octanol–water partition coefficient (Wildman–Crippen LogP) is -0.327. The number of amides is 1. The molecule has 1 aromatic rings. The first-order chi connectivity index (χ1) is 8.51. The first kappa shape index (κ1) is 14.6. The van der Waals surface area contributed by atoms with Gasteiger partial charge < -0.3 is 11.1 Å². The topological polar surface area (TPSA) is 101 Å². The monoisotopic (exact) mass is 271 g/mol. The molecule has 1 amide bonds. The molecular weight excluding hydrogens is 254 g/mol. The second-order valence-electron chi connectivity index (χ2n) is 3.63. The summed E-state index contributed by atoms with van der Waals surface area (Å²) in [5.41, 5.74) is 5.73. The van der Waals surface area contributed by atoms with Crippen molar-refractivity contribution in [1.29, 1.82) is 0 Å². The number of nitrogens with two attached hydrogens (primary N) is 1.